The summed E-state index contributed by atoms with van der Waals surface area (Å²) >= 11 is 0. The highest BCUT2D eigenvalue weighted by Gasteiger charge is 2.47. The van der Waals surface area contributed by atoms with E-state index in [0.717, 1.165) is 116 Å². The molecule has 6 N–H and O–H groups in total. The predicted octanol–water partition coefficient (Wildman–Crippen LogP) is 17.8. The third-order valence-corrected chi connectivity index (χ3v) is 16.0. The number of aliphatic hydroxyl groups is 5. The summed E-state index contributed by atoms with van der Waals surface area (Å²) in [7, 11) is 0. The lowest BCUT2D eigenvalue weighted by Crippen LogP contribution is -2.61. The molecule has 490 valence electrons. The summed E-state index contributed by atoms with van der Waals surface area (Å²) in [6.07, 6.45) is 71.6. The van der Waals surface area contributed by atoms with E-state index in [1.54, 1.807) is 6.08 Å². The fourth-order valence-corrected chi connectivity index (χ4v) is 10.5. The van der Waals surface area contributed by atoms with E-state index in [-0.39, 0.29) is 19.4 Å². The lowest BCUT2D eigenvalue weighted by Gasteiger charge is -2.41. The second kappa shape index (κ2) is 60.8. The maximum absolute atomic E-state index is 13.5. The van der Waals surface area contributed by atoms with Crippen LogP contribution in [0.25, 0.3) is 0 Å². The summed E-state index contributed by atoms with van der Waals surface area (Å²) in [5, 5.41) is 57.2. The molecule has 1 aliphatic rings. The number of allylic oxidation sites excluding steroid dienone is 15. The van der Waals surface area contributed by atoms with Crippen LogP contribution in [0.15, 0.2) is 97.2 Å². The molecule has 0 aromatic carbocycles. The lowest BCUT2D eigenvalue weighted by atomic mass is 9.99. The van der Waals surface area contributed by atoms with E-state index < -0.39 is 67.4 Å². The molecular weight excluding hydrogens is 1060 g/mol. The molecule has 1 fully saturated rings. The van der Waals surface area contributed by atoms with Gasteiger partial charge in [0.05, 0.1) is 25.4 Å². The maximum atomic E-state index is 13.5. The van der Waals surface area contributed by atoms with Crippen LogP contribution in [0.2, 0.25) is 0 Å². The van der Waals surface area contributed by atoms with E-state index in [9.17, 15) is 35.1 Å². The number of carbonyl (C=O) groups is 2. The van der Waals surface area contributed by atoms with Gasteiger partial charge in [-0.05, 0) is 103 Å². The molecule has 0 spiro atoms. The largest absolute Gasteiger partial charge is 0.454 e. The molecular formula is C74H129NO10. The highest BCUT2D eigenvalue weighted by Crippen LogP contribution is 2.26. The smallest absolute Gasteiger partial charge is 0.306 e. The molecule has 11 nitrogen and oxygen atoms in total. The van der Waals surface area contributed by atoms with Crippen molar-refractivity contribution in [3.05, 3.63) is 97.2 Å². The normalized spacial score (nSPS) is 19.0. The number of hydrogen-bond donors (Lipinski definition) is 6. The summed E-state index contributed by atoms with van der Waals surface area (Å²) in [4.78, 5) is 26.7. The van der Waals surface area contributed by atoms with E-state index in [0.29, 0.717) is 12.8 Å². The van der Waals surface area contributed by atoms with Crippen LogP contribution < -0.4 is 5.32 Å². The van der Waals surface area contributed by atoms with Crippen LogP contribution in [0.1, 0.15) is 297 Å². The Labute approximate surface area is 520 Å². The molecule has 0 aliphatic carbocycles. The number of amides is 1. The minimum atomic E-state index is -1.62. The highest BCUT2D eigenvalue weighted by atomic mass is 16.7. The molecule has 1 heterocycles. The summed E-state index contributed by atoms with van der Waals surface area (Å²) in [5.41, 5.74) is 0. The third kappa shape index (κ3) is 48.2. The Balaban J connectivity index is 2.58. The number of rotatable bonds is 59. The van der Waals surface area contributed by atoms with Crippen molar-refractivity contribution in [3.8, 4) is 0 Å². The van der Waals surface area contributed by atoms with Gasteiger partial charge in [0.1, 0.15) is 24.4 Å². The molecule has 1 rings (SSSR count). The maximum Gasteiger partial charge on any atom is 0.306 e. The Kier molecular flexibility index (Phi) is 57.0. The molecule has 0 aromatic rings. The second-order valence-electron chi connectivity index (χ2n) is 23.9. The molecule has 1 amide bonds. The molecule has 0 bridgehead atoms. The molecule has 0 aromatic heterocycles. The number of carbonyl (C=O) groups excluding carboxylic acids is 2. The molecule has 1 saturated heterocycles. The molecule has 1 aliphatic heterocycles. The SMILES string of the molecule is CC/C=C\C/C=C\C/C=C\C/C=C\C/C=C\CCCCCCCCC(O)C(=O)NC(COC1OC(CO)C(O)C(O)C1OC(=O)CCCCCCCCCCCCCCC/C=C\C/C=C\CCCCC)C(O)/C=C/CCCCCCCCCCC. The van der Waals surface area contributed by atoms with Crippen LogP contribution in [-0.2, 0) is 23.8 Å². The van der Waals surface area contributed by atoms with Gasteiger partial charge in [-0.1, -0.05) is 285 Å². The van der Waals surface area contributed by atoms with E-state index >= 15 is 0 Å². The van der Waals surface area contributed by atoms with Crippen LogP contribution in [0.5, 0.6) is 0 Å². The zero-order valence-corrected chi connectivity index (χ0v) is 54.5. The first-order chi connectivity index (χ1) is 41.7. The van der Waals surface area contributed by atoms with Gasteiger partial charge in [-0.15, -0.1) is 0 Å². The lowest BCUT2D eigenvalue weighted by molar-refractivity contribution is -0.305. The fourth-order valence-electron chi connectivity index (χ4n) is 10.5. The number of unbranched alkanes of at least 4 members (excludes halogenated alkanes) is 31. The zero-order chi connectivity index (χ0) is 61.7. The zero-order valence-electron chi connectivity index (χ0n) is 54.5. The summed E-state index contributed by atoms with van der Waals surface area (Å²) in [6, 6.07) is -1.04. The van der Waals surface area contributed by atoms with Crippen molar-refractivity contribution < 1.29 is 49.3 Å². The summed E-state index contributed by atoms with van der Waals surface area (Å²) in [6.45, 7) is 5.66. The Hall–Kier alpha value is -3.42. The third-order valence-electron chi connectivity index (χ3n) is 16.0. The Morgan fingerprint density at radius 2 is 0.847 bits per heavy atom. The van der Waals surface area contributed by atoms with Gasteiger partial charge < -0.3 is 45.1 Å². The first-order valence-corrected chi connectivity index (χ1v) is 35.0. The number of hydrogen-bond acceptors (Lipinski definition) is 10. The van der Waals surface area contributed by atoms with Gasteiger partial charge in [0.15, 0.2) is 12.4 Å². The van der Waals surface area contributed by atoms with Crippen molar-refractivity contribution in [3.63, 3.8) is 0 Å². The minimum Gasteiger partial charge on any atom is -0.454 e. The van der Waals surface area contributed by atoms with Crippen molar-refractivity contribution in [2.24, 2.45) is 0 Å². The van der Waals surface area contributed by atoms with Crippen molar-refractivity contribution in [1.29, 1.82) is 0 Å². The van der Waals surface area contributed by atoms with Gasteiger partial charge in [0.25, 0.3) is 0 Å². The Morgan fingerprint density at radius 3 is 1.29 bits per heavy atom. The number of ether oxygens (including phenoxy) is 3. The predicted molar refractivity (Wildman–Crippen MR) is 356 cm³/mol. The summed E-state index contributed by atoms with van der Waals surface area (Å²) < 4.78 is 17.7. The molecule has 85 heavy (non-hydrogen) atoms. The molecule has 0 saturated carbocycles. The molecule has 8 atom stereocenters. The molecule has 11 heteroatoms. The topological polar surface area (TPSA) is 175 Å². The number of esters is 1. The van der Waals surface area contributed by atoms with Gasteiger partial charge in [-0.25, -0.2) is 0 Å². The van der Waals surface area contributed by atoms with Crippen molar-refractivity contribution in [2.75, 3.05) is 13.2 Å². The quantitative estimate of drug-likeness (QED) is 0.0195. The average molecular weight is 1190 g/mol. The number of nitrogens with one attached hydrogen (secondary N) is 1. The van der Waals surface area contributed by atoms with Gasteiger partial charge in [-0.2, -0.15) is 0 Å². The first-order valence-electron chi connectivity index (χ1n) is 35.0. The molecule has 0 radical (unpaired) electrons. The number of aliphatic hydroxyl groups excluding tert-OH is 5. The Bertz CT molecular complexity index is 1750. The second-order valence-corrected chi connectivity index (χ2v) is 23.9. The van der Waals surface area contributed by atoms with Gasteiger partial charge in [0, 0.05) is 6.42 Å². The van der Waals surface area contributed by atoms with E-state index in [1.807, 2.05) is 6.08 Å². The highest BCUT2D eigenvalue weighted by molar-refractivity contribution is 5.80. The van der Waals surface area contributed by atoms with Crippen LogP contribution in [0.4, 0.5) is 0 Å². The van der Waals surface area contributed by atoms with E-state index in [1.165, 1.54) is 135 Å². The van der Waals surface area contributed by atoms with Gasteiger partial charge >= 0.3 is 5.97 Å². The monoisotopic (exact) mass is 1190 g/mol. The van der Waals surface area contributed by atoms with Crippen LogP contribution >= 0.6 is 0 Å². The fraction of sp³-hybridized carbons (Fsp3) is 0.757. The average Bonchev–Trinajstić information content (AvgIpc) is 3.63. The van der Waals surface area contributed by atoms with Crippen LogP contribution in [0, 0.1) is 0 Å². The van der Waals surface area contributed by atoms with Crippen LogP contribution in [0.3, 0.4) is 0 Å². The van der Waals surface area contributed by atoms with Gasteiger partial charge in [0.2, 0.25) is 5.91 Å². The molecule has 8 unspecified atom stereocenters. The summed E-state index contributed by atoms with van der Waals surface area (Å²) in [5.74, 6) is -1.21. The van der Waals surface area contributed by atoms with E-state index in [2.05, 4.69) is 111 Å². The van der Waals surface area contributed by atoms with Crippen molar-refractivity contribution >= 4 is 11.9 Å². The van der Waals surface area contributed by atoms with Crippen molar-refractivity contribution in [1.82, 2.24) is 5.32 Å². The van der Waals surface area contributed by atoms with Crippen LogP contribution in [-0.4, -0.2) is 99.6 Å². The Morgan fingerprint density at radius 1 is 0.471 bits per heavy atom. The minimum absolute atomic E-state index is 0.118. The standard InChI is InChI=1S/C74H129NO10/c1-4-7-10-13-16-19-22-24-26-28-30-32-34-36-38-40-42-44-47-50-53-56-59-62-69(79)85-72-71(81)70(80)68(63-76)84-74(72)83-64-65(66(77)60-57-54-51-48-45-21-18-15-12-9-6-3)75-73(82)67(78)61-58-55-52-49-46-43-41-39-37-35-33-31-29-27-25-23-20-17-14-11-8-5-2/h8,11,16-17,19-20,24-27,31,33,37,39,57,60,65-68,70-72,74,76-78,80-81H,4-7,9-10,12-15,18,21-23,28-30,32,34-36,38,40-56,58-59,61-64H2,1-3H3,(H,75,82)/b11-8-,19-16-,20-17-,26-24-,27-25-,33-31-,39-37-,60-57+. The first kappa shape index (κ1) is 79.6. The van der Waals surface area contributed by atoms with E-state index in [4.69, 9.17) is 14.2 Å². The van der Waals surface area contributed by atoms with Crippen molar-refractivity contribution in [2.45, 2.75) is 346 Å². The van der Waals surface area contributed by atoms with Gasteiger partial charge in [-0.3, -0.25) is 9.59 Å².